The Bertz CT molecular complexity index is 1030. The molecule has 30 heavy (non-hydrogen) atoms. The molecular formula is C20H20N4O5S. The number of piperidine rings is 1. The van der Waals surface area contributed by atoms with E-state index in [1.807, 2.05) is 0 Å². The highest BCUT2D eigenvalue weighted by Crippen LogP contribution is 2.31. The fraction of sp³-hybridized carbons (Fsp3) is 0.350. The predicted molar refractivity (Wildman–Crippen MR) is 110 cm³/mol. The highest BCUT2D eigenvalue weighted by atomic mass is 32.1. The molecule has 0 unspecified atom stereocenters. The van der Waals surface area contributed by atoms with Crippen LogP contribution in [0.4, 0.5) is 10.8 Å². The van der Waals surface area contributed by atoms with Crippen LogP contribution in [0, 0.1) is 5.92 Å². The van der Waals surface area contributed by atoms with E-state index in [1.165, 1.54) is 18.3 Å². The van der Waals surface area contributed by atoms with Crippen molar-refractivity contribution in [1.29, 1.82) is 0 Å². The number of hydrogen-bond acceptors (Lipinski definition) is 7. The Kier molecular flexibility index (Phi) is 5.49. The first-order valence-electron chi connectivity index (χ1n) is 9.54. The highest BCUT2D eigenvalue weighted by molar-refractivity contribution is 7.14. The topological polar surface area (TPSA) is 118 Å². The monoisotopic (exact) mass is 428 g/mol. The van der Waals surface area contributed by atoms with Crippen molar-refractivity contribution in [3.8, 4) is 5.75 Å². The van der Waals surface area contributed by atoms with Crippen LogP contribution in [0.3, 0.4) is 0 Å². The van der Waals surface area contributed by atoms with Crippen molar-refractivity contribution >= 4 is 45.7 Å². The first-order chi connectivity index (χ1) is 14.4. The SMILES string of the molecule is CC(=O)Nc1nc(C(=O)N2CCC(C(=O)c3ccc4c(c3)NC(=O)CO4)CC2)cs1. The number of ketones is 1. The molecule has 2 aromatic rings. The third-order valence-electron chi connectivity index (χ3n) is 5.06. The van der Waals surface area contributed by atoms with Crippen LogP contribution < -0.4 is 15.4 Å². The Morgan fingerprint density at radius 3 is 2.77 bits per heavy atom. The van der Waals surface area contributed by atoms with Crippen LogP contribution in [-0.4, -0.2) is 53.1 Å². The lowest BCUT2D eigenvalue weighted by molar-refractivity contribution is -0.118. The summed E-state index contributed by atoms with van der Waals surface area (Å²) in [5.41, 5.74) is 1.31. The number of ether oxygens (including phenoxy) is 1. The summed E-state index contributed by atoms with van der Waals surface area (Å²) in [6, 6.07) is 5.04. The maximum atomic E-state index is 12.9. The van der Waals surface area contributed by atoms with E-state index in [1.54, 1.807) is 28.5 Å². The van der Waals surface area contributed by atoms with Gasteiger partial charge in [-0.25, -0.2) is 4.98 Å². The summed E-state index contributed by atoms with van der Waals surface area (Å²) in [7, 11) is 0. The van der Waals surface area contributed by atoms with Gasteiger partial charge in [0.1, 0.15) is 11.4 Å². The number of Topliss-reactive ketones (excluding diaryl/α,β-unsaturated/α-hetero) is 1. The number of anilines is 2. The van der Waals surface area contributed by atoms with Gasteiger partial charge in [-0.2, -0.15) is 0 Å². The van der Waals surface area contributed by atoms with Gasteiger partial charge < -0.3 is 20.3 Å². The molecule has 2 aliphatic rings. The summed E-state index contributed by atoms with van der Waals surface area (Å²) >= 11 is 1.20. The number of nitrogens with one attached hydrogen (secondary N) is 2. The van der Waals surface area contributed by atoms with Crippen LogP contribution in [0.25, 0.3) is 0 Å². The van der Waals surface area contributed by atoms with Crippen LogP contribution in [0.5, 0.6) is 5.75 Å². The third-order valence-corrected chi connectivity index (χ3v) is 5.81. The molecule has 4 rings (SSSR count). The zero-order valence-corrected chi connectivity index (χ0v) is 17.1. The highest BCUT2D eigenvalue weighted by Gasteiger charge is 2.30. The number of thiazole rings is 1. The minimum absolute atomic E-state index is 0.00803. The average Bonchev–Trinajstić information content (AvgIpc) is 3.20. The van der Waals surface area contributed by atoms with Crippen LogP contribution >= 0.6 is 11.3 Å². The fourth-order valence-corrected chi connectivity index (χ4v) is 4.29. The Labute approximate surface area is 176 Å². The third kappa shape index (κ3) is 4.18. The molecule has 0 radical (unpaired) electrons. The number of rotatable bonds is 4. The fourth-order valence-electron chi connectivity index (χ4n) is 3.56. The van der Waals surface area contributed by atoms with Gasteiger partial charge in [-0.05, 0) is 31.0 Å². The number of carbonyl (C=O) groups is 4. The van der Waals surface area contributed by atoms with Gasteiger partial charge in [-0.1, -0.05) is 0 Å². The Balaban J connectivity index is 1.37. The van der Waals surface area contributed by atoms with E-state index in [4.69, 9.17) is 4.74 Å². The van der Waals surface area contributed by atoms with Crippen molar-refractivity contribution in [2.24, 2.45) is 5.92 Å². The molecule has 10 heteroatoms. The lowest BCUT2D eigenvalue weighted by atomic mass is 9.88. The molecule has 0 aliphatic carbocycles. The maximum absolute atomic E-state index is 12.9. The molecule has 3 heterocycles. The van der Waals surface area contributed by atoms with Crippen molar-refractivity contribution in [2.75, 3.05) is 30.3 Å². The second-order valence-electron chi connectivity index (χ2n) is 7.20. The van der Waals surface area contributed by atoms with Gasteiger partial charge in [0.2, 0.25) is 5.91 Å². The molecule has 1 aromatic carbocycles. The Hall–Kier alpha value is -3.27. The van der Waals surface area contributed by atoms with Gasteiger partial charge in [0.25, 0.3) is 11.8 Å². The molecule has 2 N–H and O–H groups in total. The van der Waals surface area contributed by atoms with E-state index < -0.39 is 0 Å². The number of amides is 3. The summed E-state index contributed by atoms with van der Waals surface area (Å²) in [4.78, 5) is 54.0. The van der Waals surface area contributed by atoms with Gasteiger partial charge in [-0.3, -0.25) is 19.2 Å². The molecule has 3 amide bonds. The zero-order valence-electron chi connectivity index (χ0n) is 16.3. The molecule has 1 fully saturated rings. The van der Waals surface area contributed by atoms with Crippen LogP contribution in [-0.2, 0) is 9.59 Å². The van der Waals surface area contributed by atoms with E-state index in [9.17, 15) is 19.2 Å². The number of carbonyl (C=O) groups excluding carboxylic acids is 4. The largest absolute Gasteiger partial charge is 0.482 e. The van der Waals surface area contributed by atoms with E-state index >= 15 is 0 Å². The molecule has 0 spiro atoms. The van der Waals surface area contributed by atoms with Gasteiger partial charge in [-0.15, -0.1) is 11.3 Å². The molecule has 9 nitrogen and oxygen atoms in total. The molecule has 1 aromatic heterocycles. The molecule has 0 atom stereocenters. The van der Waals surface area contributed by atoms with Crippen LogP contribution in [0.15, 0.2) is 23.6 Å². The van der Waals surface area contributed by atoms with Crippen LogP contribution in [0.1, 0.15) is 40.6 Å². The second-order valence-corrected chi connectivity index (χ2v) is 8.06. The van der Waals surface area contributed by atoms with Crippen molar-refractivity contribution in [3.63, 3.8) is 0 Å². The maximum Gasteiger partial charge on any atom is 0.273 e. The molecule has 2 aliphatic heterocycles. The number of fused-ring (bicyclic) bond motifs is 1. The minimum atomic E-state index is -0.248. The van der Waals surface area contributed by atoms with Crippen molar-refractivity contribution in [1.82, 2.24) is 9.88 Å². The summed E-state index contributed by atoms with van der Waals surface area (Å²) < 4.78 is 5.33. The van der Waals surface area contributed by atoms with E-state index in [0.29, 0.717) is 53.8 Å². The zero-order chi connectivity index (χ0) is 21.3. The van der Waals surface area contributed by atoms with Crippen LogP contribution in [0.2, 0.25) is 0 Å². The van der Waals surface area contributed by atoms with Crippen molar-refractivity contribution in [3.05, 3.63) is 34.8 Å². The summed E-state index contributed by atoms with van der Waals surface area (Å²) in [5, 5.41) is 7.28. The number of hydrogen-bond donors (Lipinski definition) is 2. The number of likely N-dealkylation sites (tertiary alicyclic amines) is 1. The second kappa shape index (κ2) is 8.23. The molecular weight excluding hydrogens is 408 g/mol. The van der Waals surface area contributed by atoms with Gasteiger partial charge in [0, 0.05) is 36.9 Å². The Morgan fingerprint density at radius 2 is 2.03 bits per heavy atom. The number of nitrogens with zero attached hydrogens (tertiary/aromatic N) is 2. The predicted octanol–water partition coefficient (Wildman–Crippen LogP) is 2.17. The van der Waals surface area contributed by atoms with Gasteiger partial charge in [0.15, 0.2) is 17.5 Å². The number of aromatic nitrogens is 1. The molecule has 156 valence electrons. The molecule has 0 bridgehead atoms. The Morgan fingerprint density at radius 1 is 1.27 bits per heavy atom. The lowest BCUT2D eigenvalue weighted by Crippen LogP contribution is -2.40. The number of benzene rings is 1. The van der Waals surface area contributed by atoms with E-state index in [2.05, 4.69) is 15.6 Å². The summed E-state index contributed by atoms with van der Waals surface area (Å²) in [5.74, 6) is -0.349. The van der Waals surface area contributed by atoms with E-state index in [0.717, 1.165) is 0 Å². The molecule has 1 saturated heterocycles. The summed E-state index contributed by atoms with van der Waals surface area (Å²) in [6.45, 7) is 2.26. The smallest absolute Gasteiger partial charge is 0.273 e. The first kappa shape index (κ1) is 20.0. The van der Waals surface area contributed by atoms with Gasteiger partial charge in [0.05, 0.1) is 5.69 Å². The quantitative estimate of drug-likeness (QED) is 0.721. The summed E-state index contributed by atoms with van der Waals surface area (Å²) in [6.07, 6.45) is 1.10. The lowest BCUT2D eigenvalue weighted by Gasteiger charge is -2.31. The molecule has 0 saturated carbocycles. The van der Waals surface area contributed by atoms with Gasteiger partial charge >= 0.3 is 0 Å². The van der Waals surface area contributed by atoms with Crippen molar-refractivity contribution in [2.45, 2.75) is 19.8 Å². The average molecular weight is 428 g/mol. The normalized spacial score (nSPS) is 16.3. The standard InChI is InChI=1S/C20H20N4O5S/c1-11(25)21-20-23-15(10-30-20)19(28)24-6-4-12(5-7-24)18(27)13-2-3-16-14(8-13)22-17(26)9-29-16/h2-3,8,10,12H,4-7,9H2,1H3,(H,22,26)(H,21,23,25). The van der Waals surface area contributed by atoms with Crippen molar-refractivity contribution < 1.29 is 23.9 Å². The first-order valence-corrected chi connectivity index (χ1v) is 10.4. The minimum Gasteiger partial charge on any atom is -0.482 e. The van der Waals surface area contributed by atoms with E-state index in [-0.39, 0.29) is 36.0 Å².